The quantitative estimate of drug-likeness (QED) is 0.235. The van der Waals surface area contributed by atoms with Gasteiger partial charge in [-0.15, -0.1) is 0 Å². The zero-order valence-corrected chi connectivity index (χ0v) is 35.6. The molecule has 0 spiro atoms. The van der Waals surface area contributed by atoms with E-state index in [9.17, 15) is 32.0 Å². The molecule has 2 aliphatic carbocycles. The number of carbonyl (C=O) groups excluding carboxylic acids is 4. The molecule has 1 unspecified atom stereocenters. The molecular weight excluding hydrogens is 794 g/mol. The molecule has 14 nitrogen and oxygen atoms in total. The molecule has 1 aromatic heterocycles. The molecule has 3 fully saturated rings. The second-order valence-corrected chi connectivity index (χ2v) is 19.7. The highest BCUT2D eigenvalue weighted by atomic mass is 32.2. The minimum absolute atomic E-state index is 0.0276. The van der Waals surface area contributed by atoms with Gasteiger partial charge in [0.25, 0.3) is 5.91 Å². The van der Waals surface area contributed by atoms with Crippen molar-refractivity contribution in [2.45, 2.75) is 114 Å². The average molecular weight is 848 g/mol. The number of sulfonamides is 1. The number of allylic oxidation sites excluding steroid dienone is 1. The first-order valence-electron chi connectivity index (χ1n) is 20.6. The first-order chi connectivity index (χ1) is 28.4. The number of hydrogen-bond acceptors (Lipinski definition) is 10. The minimum atomic E-state index is -3.94. The first kappa shape index (κ1) is 42.9. The summed E-state index contributed by atoms with van der Waals surface area (Å²) < 4.78 is 59.8. The lowest BCUT2D eigenvalue weighted by Gasteiger charge is -2.33. The summed E-state index contributed by atoms with van der Waals surface area (Å²) in [6.45, 7) is 9.01. The molecule has 3 N–H and O–H groups in total. The van der Waals surface area contributed by atoms with Crippen LogP contribution in [-0.2, 0) is 29.1 Å². The molecular formula is C44H54FN5O9S. The lowest BCUT2D eigenvalue weighted by molar-refractivity contribution is -0.142. The van der Waals surface area contributed by atoms with Crippen LogP contribution in [0.4, 0.5) is 9.18 Å². The van der Waals surface area contributed by atoms with E-state index < -0.39 is 80.2 Å². The van der Waals surface area contributed by atoms with Crippen LogP contribution >= 0.6 is 0 Å². The van der Waals surface area contributed by atoms with Crippen molar-refractivity contribution in [3.63, 3.8) is 0 Å². The van der Waals surface area contributed by atoms with E-state index >= 15 is 0 Å². The Morgan fingerprint density at radius 1 is 1.02 bits per heavy atom. The maximum Gasteiger partial charge on any atom is 0.408 e. The monoisotopic (exact) mass is 847 g/mol. The van der Waals surface area contributed by atoms with E-state index in [1.54, 1.807) is 52.1 Å². The van der Waals surface area contributed by atoms with Crippen molar-refractivity contribution in [3.05, 3.63) is 66.5 Å². The topological polar surface area (TPSA) is 182 Å². The number of nitrogens with zero attached hydrogens (tertiary/aromatic N) is 2. The third-order valence-corrected chi connectivity index (χ3v) is 13.5. The fourth-order valence-electron chi connectivity index (χ4n) is 8.28. The Morgan fingerprint density at radius 2 is 1.75 bits per heavy atom. The molecule has 16 heteroatoms. The van der Waals surface area contributed by atoms with Gasteiger partial charge in [0.15, 0.2) is 0 Å². The van der Waals surface area contributed by atoms with Gasteiger partial charge in [0.05, 0.1) is 24.6 Å². The number of amides is 4. The third kappa shape index (κ3) is 9.53. The highest BCUT2D eigenvalue weighted by Crippen LogP contribution is 2.46. The van der Waals surface area contributed by atoms with E-state index in [2.05, 4.69) is 22.3 Å². The van der Waals surface area contributed by atoms with Crippen LogP contribution in [0.3, 0.4) is 0 Å². The Kier molecular flexibility index (Phi) is 11.9. The summed E-state index contributed by atoms with van der Waals surface area (Å²) in [7, 11) is -2.39. The van der Waals surface area contributed by atoms with Crippen molar-refractivity contribution >= 4 is 44.6 Å². The SMILES string of the molecule is COc1ccc2c(O[C@@H]3C[C@H]4C(=O)N[C@]5(C(=O)NS(=O)(=O)C6CC6)C[C@H]5/C=C\CC[C@H](C)C[C@@H](C)C(NC(=O)OC(C)(C)C)C(=O)N4C3)nc(-c3ccc(F)cc3)cc2c1. The van der Waals surface area contributed by atoms with Crippen molar-refractivity contribution in [2.24, 2.45) is 17.8 Å². The van der Waals surface area contributed by atoms with Crippen LogP contribution in [0.5, 0.6) is 11.6 Å². The van der Waals surface area contributed by atoms with Gasteiger partial charge in [-0.3, -0.25) is 19.1 Å². The highest BCUT2D eigenvalue weighted by Gasteiger charge is 2.62. The van der Waals surface area contributed by atoms with Crippen molar-refractivity contribution < 1.29 is 46.2 Å². The normalized spacial score (nSPS) is 27.9. The molecule has 1 saturated heterocycles. The number of alkyl carbamates (subject to hydrolysis) is 1. The van der Waals surface area contributed by atoms with Gasteiger partial charge in [0.1, 0.15) is 40.9 Å². The van der Waals surface area contributed by atoms with E-state index in [1.165, 1.54) is 17.0 Å². The van der Waals surface area contributed by atoms with E-state index in [0.717, 1.165) is 6.42 Å². The molecule has 60 heavy (non-hydrogen) atoms. The molecule has 0 radical (unpaired) electrons. The fraction of sp³-hybridized carbons (Fsp3) is 0.523. The van der Waals surface area contributed by atoms with Crippen molar-refractivity contribution in [2.75, 3.05) is 13.7 Å². The zero-order valence-electron chi connectivity index (χ0n) is 34.8. The van der Waals surface area contributed by atoms with Gasteiger partial charge in [-0.1, -0.05) is 26.0 Å². The standard InChI is InChI=1S/C44H54FN5O9S/c1-25-9-7-8-10-29-23-44(29,41(53)49-60(55,56)33-16-17-33)48-38(51)36-22-32(24-50(36)40(52)37(26(2)19-25)47-42(54)59-43(3,4)5)58-39-34-18-15-31(57-6)20-28(34)21-35(46-39)27-11-13-30(45)14-12-27/h8,10-15,18,20-21,25-26,29,32-33,36-37H,7,9,16-17,19,22-24H2,1-6H3,(H,47,54)(H,48,51)(H,49,53)/b10-8-/t25-,26+,29+,32+,36-,37?,44+/m0/s1. The van der Waals surface area contributed by atoms with Crippen LogP contribution < -0.4 is 24.8 Å². The van der Waals surface area contributed by atoms with Crippen LogP contribution in [-0.4, -0.2) is 90.3 Å². The predicted octanol–water partition coefficient (Wildman–Crippen LogP) is 5.79. The number of carbonyl (C=O) groups is 4. The van der Waals surface area contributed by atoms with Gasteiger partial charge >= 0.3 is 6.09 Å². The fourth-order valence-corrected chi connectivity index (χ4v) is 9.64. The summed E-state index contributed by atoms with van der Waals surface area (Å²) in [5, 5.41) is 6.38. The summed E-state index contributed by atoms with van der Waals surface area (Å²) in [5.41, 5.74) is -1.30. The number of hydrogen-bond donors (Lipinski definition) is 3. The van der Waals surface area contributed by atoms with Crippen LogP contribution in [0.15, 0.2) is 60.7 Å². The second kappa shape index (κ2) is 16.7. The van der Waals surface area contributed by atoms with Crippen LogP contribution in [0.25, 0.3) is 22.0 Å². The largest absolute Gasteiger partial charge is 0.497 e. The molecule has 2 aliphatic heterocycles. The molecule has 322 valence electrons. The zero-order chi connectivity index (χ0) is 43.1. The Labute approximate surface area is 350 Å². The van der Waals surface area contributed by atoms with Gasteiger partial charge in [0, 0.05) is 23.3 Å². The summed E-state index contributed by atoms with van der Waals surface area (Å²) in [4.78, 5) is 63.0. The smallest absolute Gasteiger partial charge is 0.408 e. The summed E-state index contributed by atoms with van der Waals surface area (Å²) in [6, 6.07) is 10.8. The highest BCUT2D eigenvalue weighted by molar-refractivity contribution is 7.91. The number of fused-ring (bicyclic) bond motifs is 3. The van der Waals surface area contributed by atoms with Crippen molar-refractivity contribution in [3.8, 4) is 22.9 Å². The Balaban J connectivity index is 1.26. The Hall–Kier alpha value is -5.25. The number of halogens is 1. The second-order valence-electron chi connectivity index (χ2n) is 17.8. The van der Waals surface area contributed by atoms with Crippen LogP contribution in [0.1, 0.15) is 79.6 Å². The van der Waals surface area contributed by atoms with E-state index in [-0.39, 0.29) is 37.1 Å². The lowest BCUT2D eigenvalue weighted by atomic mass is 9.88. The number of rotatable bonds is 8. The summed E-state index contributed by atoms with van der Waals surface area (Å²) >= 11 is 0. The van der Waals surface area contributed by atoms with Crippen LogP contribution in [0, 0.1) is 23.6 Å². The summed E-state index contributed by atoms with van der Waals surface area (Å²) in [5.74, 6) is -2.38. The minimum Gasteiger partial charge on any atom is -0.497 e. The van der Waals surface area contributed by atoms with E-state index in [0.29, 0.717) is 53.5 Å². The molecule has 7 atom stereocenters. The molecule has 2 saturated carbocycles. The van der Waals surface area contributed by atoms with Gasteiger partial charge in [-0.2, -0.15) is 0 Å². The van der Waals surface area contributed by atoms with Gasteiger partial charge in [-0.25, -0.2) is 22.6 Å². The summed E-state index contributed by atoms with van der Waals surface area (Å²) in [6.07, 6.45) is 5.22. The van der Waals surface area contributed by atoms with Gasteiger partial charge in [-0.05, 0) is 125 Å². The molecule has 4 aliphatic rings. The van der Waals surface area contributed by atoms with E-state index in [1.807, 2.05) is 31.2 Å². The maximum atomic E-state index is 14.9. The molecule has 2 aromatic carbocycles. The maximum absolute atomic E-state index is 14.9. The number of ether oxygens (including phenoxy) is 3. The Bertz CT molecular complexity index is 2290. The number of pyridine rings is 1. The van der Waals surface area contributed by atoms with Gasteiger partial charge in [0.2, 0.25) is 27.7 Å². The van der Waals surface area contributed by atoms with Gasteiger partial charge < -0.3 is 29.7 Å². The molecule has 4 amide bonds. The predicted molar refractivity (Wildman–Crippen MR) is 222 cm³/mol. The lowest BCUT2D eigenvalue weighted by Crippen LogP contribution is -2.59. The number of methoxy groups -OCH3 is 1. The molecule has 7 rings (SSSR count). The Morgan fingerprint density at radius 3 is 2.43 bits per heavy atom. The van der Waals surface area contributed by atoms with Crippen molar-refractivity contribution in [1.29, 1.82) is 0 Å². The molecule has 3 aromatic rings. The average Bonchev–Trinajstić information content (AvgIpc) is 4.11. The number of aromatic nitrogens is 1. The molecule has 3 heterocycles. The number of benzene rings is 2. The van der Waals surface area contributed by atoms with Crippen LogP contribution in [0.2, 0.25) is 0 Å². The first-order valence-corrected chi connectivity index (χ1v) is 22.2. The van der Waals surface area contributed by atoms with E-state index in [4.69, 9.17) is 19.2 Å². The van der Waals surface area contributed by atoms with Crippen molar-refractivity contribution in [1.82, 2.24) is 25.2 Å². The third-order valence-electron chi connectivity index (χ3n) is 11.7. The number of nitrogens with one attached hydrogen (secondary N) is 3. The molecule has 0 bridgehead atoms.